The molecule has 12 heteroatoms. The van der Waals surface area contributed by atoms with Gasteiger partial charge in [0, 0.05) is 119 Å². The predicted octanol–water partition coefficient (Wildman–Crippen LogP) is 12.4. The van der Waals surface area contributed by atoms with E-state index in [4.69, 9.17) is 5.21 Å². The normalized spacial score (nSPS) is 16.2. The van der Waals surface area contributed by atoms with Crippen LogP contribution in [0.4, 0.5) is 0 Å². The third-order valence-corrected chi connectivity index (χ3v) is 6.21. The Morgan fingerprint density at radius 2 is 0.837 bits per heavy atom. The Bertz CT molecular complexity index is 500. The molecule has 4 aliphatic heterocycles. The maximum Gasteiger partial charge on any atom is 0.129 e. The molecule has 4 fully saturated rings. The predicted molar refractivity (Wildman–Crippen MR) is 224 cm³/mol. The minimum atomic E-state index is 0. The summed E-state index contributed by atoms with van der Waals surface area (Å²) in [7, 11) is 0. The van der Waals surface area contributed by atoms with Crippen LogP contribution >= 0.6 is 24.0 Å². The number of piperidine rings is 4. The minimum Gasteiger partial charge on any atom is -0.662 e. The second kappa shape index (κ2) is 72.9. The molecule has 0 bridgehead atoms. The number of nitrogens with zero attached hydrogens (tertiary/aromatic N) is 4. The van der Waals surface area contributed by atoms with Gasteiger partial charge in [-0.15, -0.1) is 63.2 Å². The van der Waals surface area contributed by atoms with Crippen molar-refractivity contribution in [2.45, 2.75) is 142 Å². The molecule has 0 saturated carbocycles. The molecular weight excluding hydrogens is 1120 g/mol. The van der Waals surface area contributed by atoms with E-state index in [9.17, 15) is 4.79 Å². The summed E-state index contributed by atoms with van der Waals surface area (Å²) in [5.74, 6) is 0.370. The summed E-state index contributed by atoms with van der Waals surface area (Å²) in [4.78, 5) is 10.4. The molecule has 301 valence electrons. The number of nitrogens with one attached hydrogen (secondary N) is 1. The summed E-state index contributed by atoms with van der Waals surface area (Å²) >= 11 is 0. The van der Waals surface area contributed by atoms with Gasteiger partial charge in [-0.3, -0.25) is 4.79 Å². The largest absolute Gasteiger partial charge is 0.662 e. The second-order valence-corrected chi connectivity index (χ2v) is 10.3. The van der Waals surface area contributed by atoms with E-state index in [1.165, 1.54) is 38.8 Å². The Kier molecular flexibility index (Phi) is 140. The van der Waals surface area contributed by atoms with Gasteiger partial charge in [-0.2, -0.15) is 0 Å². The topological polar surface area (TPSA) is 104 Å². The van der Waals surface area contributed by atoms with Gasteiger partial charge in [0.05, 0.1) is 5.71 Å². The van der Waals surface area contributed by atoms with Crippen molar-refractivity contribution >= 4 is 35.5 Å². The Labute approximate surface area is 420 Å². The van der Waals surface area contributed by atoms with Gasteiger partial charge in [-0.1, -0.05) is 109 Å². The molecule has 0 atom stereocenters. The van der Waals surface area contributed by atoms with Crippen LogP contribution in [-0.2, 0) is 124 Å². The van der Waals surface area contributed by atoms with Crippen LogP contribution in [0, 0.1) is 40.5 Å². The zero-order valence-electron chi connectivity index (χ0n) is 35.0. The zero-order valence-corrected chi connectivity index (χ0v) is 48.8. The van der Waals surface area contributed by atoms with Gasteiger partial charge < -0.3 is 56.2 Å². The third kappa shape index (κ3) is 73.4. The first-order valence-electron chi connectivity index (χ1n) is 16.1. The molecular formula is C37H87IN5O2WY3-7. The Hall–Kier alpha value is 3.71. The summed E-state index contributed by atoms with van der Waals surface area (Å²) in [5.41, 5.74) is 2.09. The SMILES string of the molecule is C.CC.CC.CC.CC.CC1(C)CCNCC1.CC1(C)CC[N-]CC1.I.O=C1CC[N-]CC1.ON=C1CC[N-]CC1.[CH3-].[CH3-].[CH3-].[CH3-].[W].[Y].[Y].[Y]. The van der Waals surface area contributed by atoms with Crippen molar-refractivity contribution in [2.24, 2.45) is 16.0 Å². The number of carbonyl (C=O) groups is 1. The van der Waals surface area contributed by atoms with Crippen LogP contribution in [0.1, 0.15) is 142 Å². The van der Waals surface area contributed by atoms with Gasteiger partial charge in [-0.05, 0) is 62.4 Å². The van der Waals surface area contributed by atoms with E-state index in [1.54, 1.807) is 0 Å². The van der Waals surface area contributed by atoms with E-state index in [0.717, 1.165) is 57.8 Å². The first kappa shape index (κ1) is 94.1. The number of carbonyl (C=O) groups excluding carboxylic acids is 1. The van der Waals surface area contributed by atoms with Crippen LogP contribution in [0.5, 0.6) is 0 Å². The first-order chi connectivity index (χ1) is 18.7. The number of hydrogen-bond donors (Lipinski definition) is 2. The van der Waals surface area contributed by atoms with E-state index in [0.29, 0.717) is 29.5 Å². The molecule has 0 unspecified atom stereocenters. The average Bonchev–Trinajstić information content (AvgIpc) is 2.99. The quantitative estimate of drug-likeness (QED) is 0.109. The van der Waals surface area contributed by atoms with Crippen molar-refractivity contribution in [3.63, 3.8) is 0 Å². The van der Waals surface area contributed by atoms with Crippen LogP contribution in [0.2, 0.25) is 0 Å². The fraction of sp³-hybridized carbons (Fsp3) is 0.838. The van der Waals surface area contributed by atoms with E-state index in [1.807, 2.05) is 55.4 Å². The second-order valence-electron chi connectivity index (χ2n) is 10.3. The summed E-state index contributed by atoms with van der Waals surface area (Å²) in [6, 6.07) is 0. The first-order valence-corrected chi connectivity index (χ1v) is 16.1. The van der Waals surface area contributed by atoms with Gasteiger partial charge >= 0.3 is 0 Å². The number of rotatable bonds is 0. The van der Waals surface area contributed by atoms with Crippen molar-refractivity contribution in [3.05, 3.63) is 45.7 Å². The van der Waals surface area contributed by atoms with Gasteiger partial charge in [0.2, 0.25) is 0 Å². The van der Waals surface area contributed by atoms with Gasteiger partial charge in [0.15, 0.2) is 0 Å². The number of ketones is 1. The smallest absolute Gasteiger partial charge is 0.129 e. The Morgan fingerprint density at radius 3 is 1.00 bits per heavy atom. The molecule has 0 aromatic heterocycles. The fourth-order valence-corrected chi connectivity index (χ4v) is 3.50. The summed E-state index contributed by atoms with van der Waals surface area (Å²) in [6.07, 6.45) is 8.30. The van der Waals surface area contributed by atoms with Crippen molar-refractivity contribution < 1.29 is 129 Å². The molecule has 7 nitrogen and oxygen atoms in total. The molecule has 4 aliphatic rings. The van der Waals surface area contributed by atoms with Crippen LogP contribution in [0.3, 0.4) is 0 Å². The molecule has 0 aliphatic carbocycles. The van der Waals surface area contributed by atoms with Crippen molar-refractivity contribution in [3.8, 4) is 0 Å². The Morgan fingerprint density at radius 1 is 0.571 bits per heavy atom. The van der Waals surface area contributed by atoms with Crippen molar-refractivity contribution in [1.82, 2.24) is 5.32 Å². The minimum absolute atomic E-state index is 0. The molecule has 4 saturated heterocycles. The van der Waals surface area contributed by atoms with Crippen molar-refractivity contribution in [2.75, 3.05) is 52.4 Å². The number of hydrogen-bond acceptors (Lipinski definition) is 4. The molecule has 49 heavy (non-hydrogen) atoms. The third-order valence-electron chi connectivity index (χ3n) is 6.21. The molecule has 0 aromatic rings. The molecule has 2 N–H and O–H groups in total. The van der Waals surface area contributed by atoms with Crippen LogP contribution in [0.15, 0.2) is 5.16 Å². The van der Waals surface area contributed by atoms with Crippen molar-refractivity contribution in [1.29, 1.82) is 0 Å². The maximum atomic E-state index is 10.4. The maximum absolute atomic E-state index is 10.4. The monoisotopic (exact) mass is 1210 g/mol. The molecule has 0 amide bonds. The van der Waals surface area contributed by atoms with Gasteiger partial charge in [0.1, 0.15) is 5.78 Å². The number of Topliss-reactive ketones (excluding diaryl/α,β-unsaturated/α-hetero) is 1. The van der Waals surface area contributed by atoms with Crippen LogP contribution in [-0.4, -0.2) is 69.1 Å². The Balaban J connectivity index is -0.0000000244. The fourth-order valence-electron chi connectivity index (χ4n) is 3.50. The summed E-state index contributed by atoms with van der Waals surface area (Å²) < 4.78 is 0. The molecule has 4 rings (SSSR count). The van der Waals surface area contributed by atoms with E-state index in [-0.39, 0.29) is 180 Å². The van der Waals surface area contributed by atoms with E-state index in [2.05, 4.69) is 54.1 Å². The summed E-state index contributed by atoms with van der Waals surface area (Å²) in [5, 5.41) is 27.0. The number of oxime groups is 1. The molecule has 3 radical (unpaired) electrons. The van der Waals surface area contributed by atoms with Crippen LogP contribution in [0.25, 0.3) is 16.0 Å². The van der Waals surface area contributed by atoms with E-state index >= 15 is 0 Å². The molecule has 0 aromatic carbocycles. The van der Waals surface area contributed by atoms with Gasteiger partial charge in [0.25, 0.3) is 0 Å². The standard InChI is InChI=1S/C7H15N.C7H14N.C5H9N2O.C5H8NO.4C2H6.CH4.4CH3.HI.W.3Y/c2*1-7(2)3-5-8-6-4-7;8-7-5-1-3-6-4-2-5;7-5-1-3-6-4-2-5;4*1-2;;;;;;;;;;/h8H,3-6H2,1-2H3;3-6H2,1-2H3;8H,1-4H2;1-4H2;4*1-2H3;1H4;4*1H3;1H;;;;/q;3*-1;;;;;;4*-1;;;;;. The van der Waals surface area contributed by atoms with E-state index < -0.39 is 0 Å². The molecule has 4 heterocycles. The van der Waals surface area contributed by atoms with Gasteiger partial charge in [-0.25, -0.2) is 0 Å². The zero-order chi connectivity index (χ0) is 31.0. The summed E-state index contributed by atoms with van der Waals surface area (Å²) in [6.45, 7) is 33.1. The van der Waals surface area contributed by atoms with Crippen LogP contribution < -0.4 is 5.32 Å². The average molecular weight is 1210 g/mol. The number of halogens is 1. The molecule has 0 spiro atoms.